The second-order valence-corrected chi connectivity index (χ2v) is 4.10. The third kappa shape index (κ3) is 3.46. The molecule has 0 spiro atoms. The van der Waals surface area contributed by atoms with Crippen LogP contribution in [0, 0.1) is 10.7 Å². The van der Waals surface area contributed by atoms with Crippen molar-refractivity contribution in [2.75, 3.05) is 18.2 Å². The van der Waals surface area contributed by atoms with Gasteiger partial charge in [-0.05, 0) is 24.3 Å². The lowest BCUT2D eigenvalue weighted by molar-refractivity contribution is 0.415. The largest absolute Gasteiger partial charge is 0.497 e. The van der Waals surface area contributed by atoms with Gasteiger partial charge >= 0.3 is 0 Å². The molecule has 1 aromatic carbocycles. The lowest BCUT2D eigenvalue weighted by atomic mass is 10.3. The van der Waals surface area contributed by atoms with E-state index in [4.69, 9.17) is 15.7 Å². The Morgan fingerprint density at radius 2 is 2.00 bits per heavy atom. The number of methoxy groups -OCH3 is 1. The van der Waals surface area contributed by atoms with Crippen LogP contribution in [0.3, 0.4) is 0 Å². The topological polar surface area (TPSA) is 110 Å². The third-order valence-corrected chi connectivity index (χ3v) is 2.57. The summed E-state index contributed by atoms with van der Waals surface area (Å²) in [5.74, 6) is 1.10. The van der Waals surface area contributed by atoms with Crippen molar-refractivity contribution in [3.63, 3.8) is 0 Å². The van der Waals surface area contributed by atoms with Gasteiger partial charge in [0.15, 0.2) is 0 Å². The highest BCUT2D eigenvalue weighted by atomic mass is 32.2. The average Bonchev–Trinajstić information content (AvgIpc) is 2.39. The number of hydrogen-bond donors (Lipinski definition) is 2. The van der Waals surface area contributed by atoms with Gasteiger partial charge in [0.25, 0.3) is 0 Å². The van der Waals surface area contributed by atoms with E-state index in [1.54, 1.807) is 19.2 Å². The van der Waals surface area contributed by atoms with Gasteiger partial charge in [0.2, 0.25) is 17.1 Å². The van der Waals surface area contributed by atoms with Gasteiger partial charge in [0.1, 0.15) is 11.2 Å². The average molecular weight is 274 g/mol. The fourth-order valence-corrected chi connectivity index (χ4v) is 1.67. The molecule has 0 amide bonds. The molecule has 3 N–H and O–H groups in total. The summed E-state index contributed by atoms with van der Waals surface area (Å²) in [6, 6.07) is 7.24. The first kappa shape index (κ1) is 12.9. The summed E-state index contributed by atoms with van der Waals surface area (Å²) in [4.78, 5) is 11.8. The Kier molecular flexibility index (Phi) is 4.00. The third-order valence-electron chi connectivity index (χ3n) is 2.12. The zero-order valence-electron chi connectivity index (χ0n) is 9.99. The fraction of sp³-hybridized carbons (Fsp3) is 0.0909. The highest BCUT2D eigenvalue weighted by Gasteiger charge is 2.05. The SMILES string of the molecule is COc1ccc(Nc2nc(N)nc(SC#N)n2)cc1. The summed E-state index contributed by atoms with van der Waals surface area (Å²) in [5.41, 5.74) is 6.32. The maximum atomic E-state index is 8.59. The molecule has 19 heavy (non-hydrogen) atoms. The van der Waals surface area contributed by atoms with Crippen LogP contribution in [0.25, 0.3) is 0 Å². The Bertz CT molecular complexity index is 610. The molecule has 0 saturated carbocycles. The first-order valence-electron chi connectivity index (χ1n) is 5.20. The number of anilines is 3. The molecule has 1 heterocycles. The van der Waals surface area contributed by atoms with Gasteiger partial charge in [0.05, 0.1) is 7.11 Å². The van der Waals surface area contributed by atoms with Gasteiger partial charge in [-0.3, -0.25) is 0 Å². The number of nitrogens with one attached hydrogen (secondary N) is 1. The lowest BCUT2D eigenvalue weighted by Crippen LogP contribution is -2.04. The number of ether oxygens (including phenoxy) is 1. The van der Waals surface area contributed by atoms with E-state index in [9.17, 15) is 0 Å². The minimum Gasteiger partial charge on any atom is -0.497 e. The van der Waals surface area contributed by atoms with E-state index < -0.39 is 0 Å². The van der Waals surface area contributed by atoms with E-state index in [1.165, 1.54) is 0 Å². The van der Waals surface area contributed by atoms with Crippen LogP contribution < -0.4 is 15.8 Å². The molecule has 2 rings (SSSR count). The second kappa shape index (κ2) is 5.88. The Hall–Kier alpha value is -2.53. The van der Waals surface area contributed by atoms with E-state index in [-0.39, 0.29) is 17.1 Å². The molecule has 1 aromatic heterocycles. The van der Waals surface area contributed by atoms with Crippen LogP contribution in [0.4, 0.5) is 17.6 Å². The molecule has 7 nitrogen and oxygen atoms in total. The van der Waals surface area contributed by atoms with E-state index in [2.05, 4.69) is 20.3 Å². The number of nitrogens with two attached hydrogens (primary N) is 1. The number of rotatable bonds is 4. The van der Waals surface area contributed by atoms with Crippen molar-refractivity contribution in [1.82, 2.24) is 15.0 Å². The van der Waals surface area contributed by atoms with Gasteiger partial charge in [-0.15, -0.1) is 0 Å². The lowest BCUT2D eigenvalue weighted by Gasteiger charge is -2.06. The summed E-state index contributed by atoms with van der Waals surface area (Å²) in [7, 11) is 1.60. The Balaban J connectivity index is 2.20. The first-order valence-corrected chi connectivity index (χ1v) is 6.01. The van der Waals surface area contributed by atoms with Crippen molar-refractivity contribution in [2.45, 2.75) is 5.16 Å². The Morgan fingerprint density at radius 1 is 1.26 bits per heavy atom. The monoisotopic (exact) mass is 274 g/mol. The van der Waals surface area contributed by atoms with E-state index in [0.717, 1.165) is 23.2 Å². The van der Waals surface area contributed by atoms with Gasteiger partial charge in [-0.2, -0.15) is 20.2 Å². The summed E-state index contributed by atoms with van der Waals surface area (Å²) < 4.78 is 5.06. The van der Waals surface area contributed by atoms with Gasteiger partial charge in [0, 0.05) is 17.4 Å². The summed E-state index contributed by atoms with van der Waals surface area (Å²) in [5, 5.41) is 13.7. The molecule has 0 fully saturated rings. The van der Waals surface area contributed by atoms with Gasteiger partial charge in [-0.25, -0.2) is 0 Å². The molecule has 96 valence electrons. The summed E-state index contributed by atoms with van der Waals surface area (Å²) in [6.45, 7) is 0. The van der Waals surface area contributed by atoms with Gasteiger partial charge in [-0.1, -0.05) is 0 Å². The van der Waals surface area contributed by atoms with E-state index in [1.807, 2.05) is 17.5 Å². The number of aromatic nitrogens is 3. The van der Waals surface area contributed by atoms with Crippen molar-refractivity contribution >= 4 is 29.3 Å². The van der Waals surface area contributed by atoms with Crippen LogP contribution >= 0.6 is 11.8 Å². The van der Waals surface area contributed by atoms with Crippen molar-refractivity contribution in [1.29, 1.82) is 5.26 Å². The molecule has 2 aromatic rings. The molecule has 0 unspecified atom stereocenters. The predicted molar refractivity (Wildman–Crippen MR) is 72.0 cm³/mol. The smallest absolute Gasteiger partial charge is 0.233 e. The van der Waals surface area contributed by atoms with Crippen LogP contribution in [0.1, 0.15) is 0 Å². The number of hydrogen-bond acceptors (Lipinski definition) is 8. The molecular formula is C11H10N6OS. The minimum atomic E-state index is 0.0590. The summed E-state index contributed by atoms with van der Waals surface area (Å²) in [6.07, 6.45) is 0. The Morgan fingerprint density at radius 3 is 2.63 bits per heavy atom. The maximum Gasteiger partial charge on any atom is 0.233 e. The molecular weight excluding hydrogens is 264 g/mol. The quantitative estimate of drug-likeness (QED) is 0.641. The zero-order chi connectivity index (χ0) is 13.7. The highest BCUT2D eigenvalue weighted by Crippen LogP contribution is 2.19. The standard InChI is InChI=1S/C11H10N6OS/c1-18-8-4-2-7(3-5-8)14-10-15-9(13)16-11(17-10)19-6-12/h2-5H,1H3,(H3,13,14,15,16,17). The minimum absolute atomic E-state index is 0.0590. The number of benzene rings is 1. The van der Waals surface area contributed by atoms with Crippen molar-refractivity contribution < 1.29 is 4.74 Å². The van der Waals surface area contributed by atoms with Crippen LogP contribution in [-0.4, -0.2) is 22.1 Å². The molecule has 0 saturated heterocycles. The van der Waals surface area contributed by atoms with Crippen LogP contribution in [0.15, 0.2) is 29.4 Å². The normalized spacial score (nSPS) is 9.68. The molecule has 0 bridgehead atoms. The van der Waals surface area contributed by atoms with Gasteiger partial charge < -0.3 is 15.8 Å². The zero-order valence-corrected chi connectivity index (χ0v) is 10.8. The fourth-order valence-electron chi connectivity index (χ4n) is 1.32. The van der Waals surface area contributed by atoms with Crippen LogP contribution in [0.2, 0.25) is 0 Å². The predicted octanol–water partition coefficient (Wildman–Crippen LogP) is 1.78. The maximum absolute atomic E-state index is 8.59. The molecule has 0 aliphatic carbocycles. The van der Waals surface area contributed by atoms with E-state index >= 15 is 0 Å². The number of thiocyanates is 1. The second-order valence-electron chi connectivity index (χ2n) is 3.35. The Labute approximate surface area is 113 Å². The number of nitrogen functional groups attached to an aromatic ring is 1. The first-order chi connectivity index (χ1) is 9.21. The highest BCUT2D eigenvalue weighted by molar-refractivity contribution is 8.03. The number of nitriles is 1. The van der Waals surface area contributed by atoms with E-state index in [0.29, 0.717) is 0 Å². The van der Waals surface area contributed by atoms with Crippen LogP contribution in [0.5, 0.6) is 5.75 Å². The summed E-state index contributed by atoms with van der Waals surface area (Å²) >= 11 is 0.824. The molecule has 8 heteroatoms. The number of nitrogens with zero attached hydrogens (tertiary/aromatic N) is 4. The van der Waals surface area contributed by atoms with Crippen LogP contribution in [-0.2, 0) is 0 Å². The molecule has 0 aliphatic rings. The molecule has 0 atom stereocenters. The van der Waals surface area contributed by atoms with Crippen molar-refractivity contribution in [3.05, 3.63) is 24.3 Å². The molecule has 0 aliphatic heterocycles. The number of thioether (sulfide) groups is 1. The molecule has 0 radical (unpaired) electrons. The van der Waals surface area contributed by atoms with Crippen molar-refractivity contribution in [2.24, 2.45) is 0 Å². The van der Waals surface area contributed by atoms with Crippen molar-refractivity contribution in [3.8, 4) is 11.2 Å².